The monoisotopic (exact) mass is 362 g/mol. The van der Waals surface area contributed by atoms with E-state index in [0.717, 1.165) is 55.8 Å². The molecule has 1 saturated heterocycles. The minimum absolute atomic E-state index is 0.0222. The lowest BCUT2D eigenvalue weighted by Gasteiger charge is -2.20. The molecule has 144 valence electrons. The number of rotatable bonds is 9. The summed E-state index contributed by atoms with van der Waals surface area (Å²) in [5.41, 5.74) is 1.01. The molecule has 0 spiro atoms. The lowest BCUT2D eigenvalue weighted by Crippen LogP contribution is -2.34. The fourth-order valence-electron chi connectivity index (χ4n) is 3.13. The summed E-state index contributed by atoms with van der Waals surface area (Å²) in [7, 11) is 3.22. The van der Waals surface area contributed by atoms with E-state index in [-0.39, 0.29) is 11.8 Å². The highest BCUT2D eigenvalue weighted by molar-refractivity contribution is 5.77. The number of nitrogens with zero attached hydrogens (tertiary/aromatic N) is 1. The molecule has 0 unspecified atom stereocenters. The molecule has 6 heteroatoms. The molecule has 2 amide bonds. The van der Waals surface area contributed by atoms with E-state index in [1.54, 1.807) is 14.2 Å². The van der Waals surface area contributed by atoms with Gasteiger partial charge in [-0.2, -0.15) is 0 Å². The zero-order chi connectivity index (χ0) is 18.8. The molecule has 0 bridgehead atoms. The maximum atomic E-state index is 12.0. The first-order valence-electron chi connectivity index (χ1n) is 9.39. The second-order valence-electron chi connectivity index (χ2n) is 6.62. The molecule has 1 N–H and O–H groups in total. The first kappa shape index (κ1) is 20.1. The van der Waals surface area contributed by atoms with Crippen LogP contribution in [-0.2, 0) is 16.0 Å². The summed E-state index contributed by atoms with van der Waals surface area (Å²) in [6.07, 6.45) is 5.72. The van der Waals surface area contributed by atoms with Gasteiger partial charge in [0.2, 0.25) is 11.8 Å². The van der Waals surface area contributed by atoms with E-state index in [2.05, 4.69) is 5.32 Å². The van der Waals surface area contributed by atoms with E-state index in [0.29, 0.717) is 25.8 Å². The molecule has 2 rings (SSSR count). The molecule has 1 aliphatic rings. The molecule has 26 heavy (non-hydrogen) atoms. The fourth-order valence-corrected chi connectivity index (χ4v) is 3.13. The molecule has 0 atom stereocenters. The third-order valence-electron chi connectivity index (χ3n) is 4.65. The molecule has 0 saturated carbocycles. The number of amides is 2. The van der Waals surface area contributed by atoms with Crippen molar-refractivity contribution in [1.82, 2.24) is 10.2 Å². The average Bonchev–Trinajstić information content (AvgIpc) is 2.87. The van der Waals surface area contributed by atoms with E-state index in [4.69, 9.17) is 9.47 Å². The Kier molecular flexibility index (Phi) is 8.25. The predicted octanol–water partition coefficient (Wildman–Crippen LogP) is 2.55. The minimum atomic E-state index is 0.0222. The van der Waals surface area contributed by atoms with Gasteiger partial charge < -0.3 is 19.7 Å². The Morgan fingerprint density at radius 3 is 2.54 bits per heavy atom. The van der Waals surface area contributed by atoms with Crippen LogP contribution >= 0.6 is 0 Å². The molecule has 1 heterocycles. The summed E-state index contributed by atoms with van der Waals surface area (Å²) in [6.45, 7) is 2.18. The summed E-state index contributed by atoms with van der Waals surface area (Å²) < 4.78 is 10.5. The van der Waals surface area contributed by atoms with Gasteiger partial charge in [-0.05, 0) is 43.4 Å². The largest absolute Gasteiger partial charge is 0.497 e. The smallest absolute Gasteiger partial charge is 0.222 e. The molecule has 0 radical (unpaired) electrons. The van der Waals surface area contributed by atoms with Crippen LogP contribution in [0.4, 0.5) is 0 Å². The van der Waals surface area contributed by atoms with Gasteiger partial charge in [-0.15, -0.1) is 0 Å². The number of ether oxygens (including phenoxy) is 2. The topological polar surface area (TPSA) is 67.9 Å². The van der Waals surface area contributed by atoms with Gasteiger partial charge in [-0.3, -0.25) is 9.59 Å². The lowest BCUT2D eigenvalue weighted by atomic mass is 10.1. The Balaban J connectivity index is 1.68. The molecule has 1 aliphatic heterocycles. The number of methoxy groups -OCH3 is 2. The number of carbonyl (C=O) groups excluding carboxylic acids is 2. The molecule has 1 aromatic carbocycles. The van der Waals surface area contributed by atoms with Crippen LogP contribution in [0.3, 0.4) is 0 Å². The molecular formula is C20H30N2O4. The summed E-state index contributed by atoms with van der Waals surface area (Å²) in [5, 5.41) is 2.94. The second kappa shape index (κ2) is 10.7. The van der Waals surface area contributed by atoms with Crippen LogP contribution in [0.2, 0.25) is 0 Å². The molecule has 6 nitrogen and oxygen atoms in total. The first-order valence-corrected chi connectivity index (χ1v) is 9.39. The van der Waals surface area contributed by atoms with Crippen molar-refractivity contribution >= 4 is 11.8 Å². The zero-order valence-electron chi connectivity index (χ0n) is 15.9. The van der Waals surface area contributed by atoms with Crippen molar-refractivity contribution in [2.75, 3.05) is 33.9 Å². The average molecular weight is 362 g/mol. The lowest BCUT2D eigenvalue weighted by molar-refractivity contribution is -0.130. The molecule has 1 aromatic rings. The van der Waals surface area contributed by atoms with Gasteiger partial charge in [0.15, 0.2) is 0 Å². The number of likely N-dealkylation sites (tertiary alicyclic amines) is 1. The van der Waals surface area contributed by atoms with Crippen molar-refractivity contribution in [2.24, 2.45) is 0 Å². The van der Waals surface area contributed by atoms with Gasteiger partial charge in [-0.25, -0.2) is 0 Å². The van der Waals surface area contributed by atoms with Crippen molar-refractivity contribution in [3.8, 4) is 11.5 Å². The van der Waals surface area contributed by atoms with E-state index >= 15 is 0 Å². The number of aryl methyl sites for hydroxylation is 1. The minimum Gasteiger partial charge on any atom is -0.497 e. The van der Waals surface area contributed by atoms with Crippen molar-refractivity contribution in [2.45, 2.75) is 44.9 Å². The number of hydrogen-bond acceptors (Lipinski definition) is 4. The third-order valence-corrected chi connectivity index (χ3v) is 4.65. The van der Waals surface area contributed by atoms with Crippen LogP contribution in [0, 0.1) is 0 Å². The standard InChI is InChI=1S/C20H30N2O4/c1-25-17-13-16(14-18(15-17)26-2)8-9-19(23)21-10-6-12-22-11-5-3-4-7-20(22)24/h13-15H,3-12H2,1-2H3,(H,21,23). The van der Waals surface area contributed by atoms with Crippen LogP contribution in [0.25, 0.3) is 0 Å². The quantitative estimate of drug-likeness (QED) is 0.686. The Hall–Kier alpha value is -2.24. The van der Waals surface area contributed by atoms with Gasteiger partial charge in [-0.1, -0.05) is 6.42 Å². The third kappa shape index (κ3) is 6.58. The van der Waals surface area contributed by atoms with Crippen LogP contribution in [0.15, 0.2) is 18.2 Å². The highest BCUT2D eigenvalue weighted by Crippen LogP contribution is 2.23. The Morgan fingerprint density at radius 2 is 1.85 bits per heavy atom. The van der Waals surface area contributed by atoms with Gasteiger partial charge in [0.05, 0.1) is 14.2 Å². The normalized spacial score (nSPS) is 14.7. The summed E-state index contributed by atoms with van der Waals surface area (Å²) in [4.78, 5) is 25.9. The summed E-state index contributed by atoms with van der Waals surface area (Å²) in [6, 6.07) is 5.65. The highest BCUT2D eigenvalue weighted by atomic mass is 16.5. The molecule has 0 aromatic heterocycles. The van der Waals surface area contributed by atoms with E-state index < -0.39 is 0 Å². The zero-order valence-corrected chi connectivity index (χ0v) is 15.9. The number of benzene rings is 1. The van der Waals surface area contributed by atoms with Crippen LogP contribution in [0.1, 0.15) is 44.1 Å². The first-order chi connectivity index (χ1) is 12.6. The Morgan fingerprint density at radius 1 is 1.12 bits per heavy atom. The summed E-state index contributed by atoms with van der Waals surface area (Å²) >= 11 is 0. The molecule has 1 fully saturated rings. The Labute approximate surface area is 155 Å². The summed E-state index contributed by atoms with van der Waals surface area (Å²) in [5.74, 6) is 1.72. The number of hydrogen-bond donors (Lipinski definition) is 1. The molecular weight excluding hydrogens is 332 g/mol. The highest BCUT2D eigenvalue weighted by Gasteiger charge is 2.15. The van der Waals surface area contributed by atoms with Gasteiger partial charge in [0.1, 0.15) is 11.5 Å². The van der Waals surface area contributed by atoms with Crippen molar-refractivity contribution in [3.05, 3.63) is 23.8 Å². The SMILES string of the molecule is COc1cc(CCC(=O)NCCCN2CCCCCC2=O)cc(OC)c1. The van der Waals surface area contributed by atoms with Crippen molar-refractivity contribution in [1.29, 1.82) is 0 Å². The van der Waals surface area contributed by atoms with Gasteiger partial charge >= 0.3 is 0 Å². The number of carbonyl (C=O) groups is 2. The van der Waals surface area contributed by atoms with Crippen molar-refractivity contribution < 1.29 is 19.1 Å². The molecule has 0 aliphatic carbocycles. The fraction of sp³-hybridized carbons (Fsp3) is 0.600. The van der Waals surface area contributed by atoms with Crippen LogP contribution in [0.5, 0.6) is 11.5 Å². The van der Waals surface area contributed by atoms with Crippen LogP contribution in [-0.4, -0.2) is 50.6 Å². The Bertz CT molecular complexity index is 581. The van der Waals surface area contributed by atoms with Crippen LogP contribution < -0.4 is 14.8 Å². The van der Waals surface area contributed by atoms with Gasteiger partial charge in [0.25, 0.3) is 0 Å². The van der Waals surface area contributed by atoms with E-state index in [1.165, 1.54) is 0 Å². The second-order valence-corrected chi connectivity index (χ2v) is 6.62. The predicted molar refractivity (Wildman–Crippen MR) is 101 cm³/mol. The number of nitrogens with one attached hydrogen (secondary N) is 1. The van der Waals surface area contributed by atoms with Crippen molar-refractivity contribution in [3.63, 3.8) is 0 Å². The van der Waals surface area contributed by atoms with Gasteiger partial charge in [0, 0.05) is 38.5 Å². The maximum absolute atomic E-state index is 12.0. The van der Waals surface area contributed by atoms with E-state index in [9.17, 15) is 9.59 Å². The van der Waals surface area contributed by atoms with E-state index in [1.807, 2.05) is 23.1 Å². The maximum Gasteiger partial charge on any atom is 0.222 e.